The molecule has 0 saturated heterocycles. The molecule has 0 heterocycles. The molecule has 5 heteroatoms. The molecular weight excluding hydrogens is 317 g/mol. The summed E-state index contributed by atoms with van der Waals surface area (Å²) in [6.45, 7) is 3.15. The van der Waals surface area contributed by atoms with Crippen molar-refractivity contribution in [1.82, 2.24) is 0 Å². The van der Waals surface area contributed by atoms with Crippen LogP contribution in [0.4, 0.5) is 5.69 Å². The van der Waals surface area contributed by atoms with Crippen LogP contribution in [-0.4, -0.2) is 6.61 Å². The predicted octanol–water partition coefficient (Wildman–Crippen LogP) is 5.66. The minimum absolute atomic E-state index is 0.544. The molecule has 0 aliphatic rings. The zero-order chi connectivity index (χ0) is 14.5. The lowest BCUT2D eigenvalue weighted by Gasteiger charge is -2.13. The summed E-state index contributed by atoms with van der Waals surface area (Å²) in [5.41, 5.74) is 1.88. The van der Waals surface area contributed by atoms with Gasteiger partial charge in [-0.05, 0) is 42.8 Å². The first kappa shape index (κ1) is 15.3. The Morgan fingerprint density at radius 3 is 2.50 bits per heavy atom. The van der Waals surface area contributed by atoms with Gasteiger partial charge >= 0.3 is 0 Å². The zero-order valence-corrected chi connectivity index (χ0v) is 13.2. The maximum Gasteiger partial charge on any atom is 0.142 e. The average molecular weight is 331 g/mol. The number of rotatable bonds is 5. The third-order valence-corrected chi connectivity index (χ3v) is 3.68. The van der Waals surface area contributed by atoms with E-state index in [9.17, 15) is 0 Å². The molecule has 0 atom stereocenters. The van der Waals surface area contributed by atoms with E-state index in [4.69, 9.17) is 39.5 Å². The highest BCUT2D eigenvalue weighted by molar-refractivity contribution is 6.42. The standard InChI is InChI=1S/C15H14Cl3NO/c1-2-20-15-6-4-11(16)8-14(15)19-9-10-3-5-12(17)13(18)7-10/h3-8,19H,2,9H2,1H3. The van der Waals surface area contributed by atoms with Gasteiger partial charge in [-0.3, -0.25) is 0 Å². The van der Waals surface area contributed by atoms with Crippen LogP contribution in [0.1, 0.15) is 12.5 Å². The Bertz CT molecular complexity index is 602. The van der Waals surface area contributed by atoms with Crippen LogP contribution < -0.4 is 10.1 Å². The third kappa shape index (κ3) is 3.95. The smallest absolute Gasteiger partial charge is 0.142 e. The quantitative estimate of drug-likeness (QED) is 0.764. The summed E-state index contributed by atoms with van der Waals surface area (Å²) in [5, 5.41) is 5.04. The molecule has 106 valence electrons. The molecule has 2 rings (SSSR count). The molecule has 0 radical (unpaired) electrons. The number of nitrogens with one attached hydrogen (secondary N) is 1. The summed E-state index contributed by atoms with van der Waals surface area (Å²) < 4.78 is 5.55. The van der Waals surface area contributed by atoms with Crippen molar-refractivity contribution in [2.45, 2.75) is 13.5 Å². The Kier molecular flexibility index (Phi) is 5.41. The van der Waals surface area contributed by atoms with E-state index in [0.29, 0.717) is 28.2 Å². The fourth-order valence-corrected chi connectivity index (χ4v) is 2.26. The highest BCUT2D eigenvalue weighted by atomic mass is 35.5. The minimum Gasteiger partial charge on any atom is -0.492 e. The average Bonchev–Trinajstić information content (AvgIpc) is 2.43. The van der Waals surface area contributed by atoms with Crippen LogP contribution in [0.3, 0.4) is 0 Å². The monoisotopic (exact) mass is 329 g/mol. The molecule has 20 heavy (non-hydrogen) atoms. The molecule has 2 aromatic carbocycles. The number of halogens is 3. The van der Waals surface area contributed by atoms with Gasteiger partial charge in [-0.25, -0.2) is 0 Å². The summed E-state index contributed by atoms with van der Waals surface area (Å²) in [4.78, 5) is 0. The SMILES string of the molecule is CCOc1ccc(Cl)cc1NCc1ccc(Cl)c(Cl)c1. The Balaban J connectivity index is 2.13. The molecule has 0 spiro atoms. The molecule has 0 aliphatic heterocycles. The van der Waals surface area contributed by atoms with E-state index >= 15 is 0 Å². The van der Waals surface area contributed by atoms with Crippen molar-refractivity contribution in [2.75, 3.05) is 11.9 Å². The van der Waals surface area contributed by atoms with Crippen molar-refractivity contribution >= 4 is 40.5 Å². The second kappa shape index (κ2) is 7.07. The molecule has 0 aliphatic carbocycles. The number of benzene rings is 2. The number of anilines is 1. The summed E-state index contributed by atoms with van der Waals surface area (Å²) in [5.74, 6) is 0.775. The minimum atomic E-state index is 0.544. The van der Waals surface area contributed by atoms with Crippen LogP contribution >= 0.6 is 34.8 Å². The molecule has 0 fully saturated rings. The second-order valence-electron chi connectivity index (χ2n) is 4.18. The van der Waals surface area contributed by atoms with Gasteiger partial charge in [-0.15, -0.1) is 0 Å². The van der Waals surface area contributed by atoms with Gasteiger partial charge in [0.15, 0.2) is 0 Å². The van der Waals surface area contributed by atoms with E-state index in [1.165, 1.54) is 0 Å². The van der Waals surface area contributed by atoms with E-state index in [0.717, 1.165) is 17.0 Å². The van der Waals surface area contributed by atoms with Crippen molar-refractivity contribution in [1.29, 1.82) is 0 Å². The summed E-state index contributed by atoms with van der Waals surface area (Å²) in [6.07, 6.45) is 0. The second-order valence-corrected chi connectivity index (χ2v) is 5.43. The van der Waals surface area contributed by atoms with Gasteiger partial charge in [0.1, 0.15) is 5.75 Å². The molecule has 0 amide bonds. The van der Waals surface area contributed by atoms with Gasteiger partial charge in [-0.1, -0.05) is 40.9 Å². The van der Waals surface area contributed by atoms with Gasteiger partial charge in [0.2, 0.25) is 0 Å². The van der Waals surface area contributed by atoms with Crippen molar-refractivity contribution in [3.63, 3.8) is 0 Å². The molecule has 0 saturated carbocycles. The summed E-state index contributed by atoms with van der Waals surface area (Å²) in [7, 11) is 0. The molecule has 0 aromatic heterocycles. The largest absolute Gasteiger partial charge is 0.492 e. The third-order valence-electron chi connectivity index (χ3n) is 2.71. The maximum atomic E-state index is 6.01. The van der Waals surface area contributed by atoms with E-state index in [1.807, 2.05) is 31.2 Å². The fourth-order valence-electron chi connectivity index (χ4n) is 1.77. The lowest BCUT2D eigenvalue weighted by Crippen LogP contribution is -2.02. The van der Waals surface area contributed by atoms with Crippen molar-refractivity contribution in [2.24, 2.45) is 0 Å². The van der Waals surface area contributed by atoms with Gasteiger partial charge in [0.25, 0.3) is 0 Å². The van der Waals surface area contributed by atoms with E-state index in [-0.39, 0.29) is 0 Å². The summed E-state index contributed by atoms with van der Waals surface area (Å²) in [6, 6.07) is 11.0. The highest BCUT2D eigenvalue weighted by Gasteiger charge is 2.05. The molecule has 0 bridgehead atoms. The summed E-state index contributed by atoms with van der Waals surface area (Å²) >= 11 is 17.9. The van der Waals surface area contributed by atoms with E-state index in [1.54, 1.807) is 12.1 Å². The van der Waals surface area contributed by atoms with Crippen molar-refractivity contribution in [3.8, 4) is 5.75 Å². The first-order valence-corrected chi connectivity index (χ1v) is 7.33. The van der Waals surface area contributed by atoms with Crippen LogP contribution in [0.25, 0.3) is 0 Å². The Morgan fingerprint density at radius 1 is 1.00 bits per heavy atom. The number of hydrogen-bond donors (Lipinski definition) is 1. The predicted molar refractivity (Wildman–Crippen MR) is 86.4 cm³/mol. The fraction of sp³-hybridized carbons (Fsp3) is 0.200. The van der Waals surface area contributed by atoms with Gasteiger partial charge in [0.05, 0.1) is 22.3 Å². The molecule has 0 unspecified atom stereocenters. The van der Waals surface area contributed by atoms with Crippen LogP contribution in [0, 0.1) is 0 Å². The van der Waals surface area contributed by atoms with Crippen LogP contribution in [0.15, 0.2) is 36.4 Å². The molecular formula is C15H14Cl3NO. The first-order valence-electron chi connectivity index (χ1n) is 6.20. The number of hydrogen-bond acceptors (Lipinski definition) is 2. The van der Waals surface area contributed by atoms with Gasteiger partial charge in [-0.2, -0.15) is 0 Å². The van der Waals surface area contributed by atoms with E-state index in [2.05, 4.69) is 5.32 Å². The first-order chi connectivity index (χ1) is 9.60. The normalized spacial score (nSPS) is 10.4. The van der Waals surface area contributed by atoms with Crippen LogP contribution in [-0.2, 0) is 6.54 Å². The molecule has 2 aromatic rings. The maximum absolute atomic E-state index is 6.01. The Hall–Kier alpha value is -1.09. The lowest BCUT2D eigenvalue weighted by atomic mass is 10.2. The van der Waals surface area contributed by atoms with Crippen molar-refractivity contribution in [3.05, 3.63) is 57.0 Å². The zero-order valence-electron chi connectivity index (χ0n) is 10.9. The topological polar surface area (TPSA) is 21.3 Å². The van der Waals surface area contributed by atoms with Gasteiger partial charge in [0, 0.05) is 11.6 Å². The van der Waals surface area contributed by atoms with Crippen molar-refractivity contribution < 1.29 is 4.74 Å². The Labute approximate surface area is 133 Å². The Morgan fingerprint density at radius 2 is 1.80 bits per heavy atom. The van der Waals surface area contributed by atoms with Crippen LogP contribution in [0.2, 0.25) is 15.1 Å². The lowest BCUT2D eigenvalue weighted by molar-refractivity contribution is 0.341. The molecule has 2 nitrogen and oxygen atoms in total. The van der Waals surface area contributed by atoms with Gasteiger partial charge < -0.3 is 10.1 Å². The van der Waals surface area contributed by atoms with Crippen LogP contribution in [0.5, 0.6) is 5.75 Å². The highest BCUT2D eigenvalue weighted by Crippen LogP contribution is 2.29. The number of ether oxygens (including phenoxy) is 1. The van der Waals surface area contributed by atoms with E-state index < -0.39 is 0 Å². The molecule has 1 N–H and O–H groups in total.